The molecule has 2 rings (SSSR count). The van der Waals surface area contributed by atoms with Crippen LogP contribution in [0.1, 0.15) is 513 Å². The summed E-state index contributed by atoms with van der Waals surface area (Å²) in [7, 11) is -8.67. The van der Waals surface area contributed by atoms with Crippen molar-refractivity contribution < 1.29 is 25.9 Å². The van der Waals surface area contributed by atoms with Gasteiger partial charge in [0.25, 0.3) is 0 Å². The van der Waals surface area contributed by atoms with Gasteiger partial charge in [-0.1, -0.05) is 513 Å². The third kappa shape index (κ3) is 75.6. The molecule has 0 fully saturated rings. The van der Waals surface area contributed by atoms with Gasteiger partial charge >= 0.3 is 23.1 Å². The molecule has 0 N–H and O–H groups in total. The second-order valence-electron chi connectivity index (χ2n) is 31.9. The van der Waals surface area contributed by atoms with E-state index in [1.165, 1.54) is 499 Å². The van der Waals surface area contributed by atoms with Gasteiger partial charge in [-0.25, -0.2) is 16.8 Å². The molecule has 0 spiro atoms. The zero-order valence-corrected chi connectivity index (χ0v) is 70.8. The molecule has 2 aromatic carbocycles. The maximum absolute atomic E-state index is 11.0. The van der Waals surface area contributed by atoms with Gasteiger partial charge in [-0.3, -0.25) is 0 Å². The van der Waals surface area contributed by atoms with E-state index in [1.54, 1.807) is 24.3 Å². The van der Waals surface area contributed by atoms with Crippen LogP contribution in [0.25, 0.3) is 0 Å². The summed E-state index contributed by atoms with van der Waals surface area (Å²) < 4.78 is 66.1. The van der Waals surface area contributed by atoms with Crippen molar-refractivity contribution in [2.75, 3.05) is 0 Å². The predicted octanol–water partition coefficient (Wildman–Crippen LogP) is 31.6. The molecule has 0 saturated carbocycles. The van der Waals surface area contributed by atoms with Crippen molar-refractivity contribution in [3.8, 4) is 0 Å². The van der Waals surface area contributed by atoms with Crippen molar-refractivity contribution in [1.82, 2.24) is 0 Å². The van der Waals surface area contributed by atoms with Gasteiger partial charge in [0.15, 0.2) is 0 Å². The van der Waals surface area contributed by atoms with Gasteiger partial charge in [-0.15, -0.1) is 0 Å². The van der Waals surface area contributed by atoms with E-state index in [0.717, 1.165) is 36.8 Å². The fourth-order valence-electron chi connectivity index (χ4n) is 15.2. The number of hydrogen-bond donors (Lipinski definition) is 0. The van der Waals surface area contributed by atoms with E-state index in [9.17, 15) is 25.9 Å². The normalized spacial score (nSPS) is 11.8. The molecule has 0 saturated heterocycles. The minimum atomic E-state index is -4.33. The third-order valence-corrected chi connectivity index (χ3v) is 23.8. The molecule has 0 radical (unpaired) electrons. The van der Waals surface area contributed by atoms with Crippen LogP contribution in [0.3, 0.4) is 0 Å². The van der Waals surface area contributed by atoms with Gasteiger partial charge in [-0.2, -0.15) is 0 Å². The van der Waals surface area contributed by atoms with Crippen LogP contribution in [0.2, 0.25) is 0 Å². The van der Waals surface area contributed by atoms with Gasteiger partial charge in [0.1, 0.15) is 20.2 Å². The van der Waals surface area contributed by atoms with Crippen LogP contribution in [-0.2, 0) is 33.1 Å². The second kappa shape index (κ2) is 80.1. The first-order chi connectivity index (χ1) is 49.1. The number of hydrogen-bond acceptors (Lipinski definition) is 6. The second-order valence-corrected chi connectivity index (χ2v) is 34.6. The van der Waals surface area contributed by atoms with E-state index >= 15 is 0 Å². The van der Waals surface area contributed by atoms with Gasteiger partial charge in [-0.05, 0) is 61.1 Å². The smallest absolute Gasteiger partial charge is 0.744 e. The van der Waals surface area contributed by atoms with E-state index in [0.29, 0.717) is 0 Å². The molecule has 101 heavy (non-hydrogen) atoms. The number of benzene rings is 2. The van der Waals surface area contributed by atoms with E-state index in [2.05, 4.69) is 13.8 Å². The summed E-state index contributed by atoms with van der Waals surface area (Å²) in [6.07, 6.45) is 111. The van der Waals surface area contributed by atoms with Crippen LogP contribution in [0.4, 0.5) is 0 Å². The Morgan fingerprint density at radius 2 is 0.277 bits per heavy atom. The van der Waals surface area contributed by atoms with Crippen LogP contribution in [0, 0.1) is 0 Å². The Labute approximate surface area is 648 Å². The minimum Gasteiger partial charge on any atom is -0.744 e. The maximum Gasteiger partial charge on any atom is 2.00 e. The summed E-state index contributed by atoms with van der Waals surface area (Å²) in [6.45, 7) is 4.61. The predicted molar refractivity (Wildman–Crippen MR) is 444 cm³/mol. The summed E-state index contributed by atoms with van der Waals surface area (Å²) >= 11 is 0. The van der Waals surface area contributed by atoms with Gasteiger partial charge in [0.05, 0.1) is 9.79 Å². The summed E-state index contributed by atoms with van der Waals surface area (Å²) in [6, 6.07) is 12.8. The van der Waals surface area contributed by atoms with E-state index in [1.807, 2.05) is 0 Å². The van der Waals surface area contributed by atoms with Gasteiger partial charge in [0.2, 0.25) is 0 Å². The first-order valence-electron chi connectivity index (χ1n) is 45.2. The largest absolute Gasteiger partial charge is 2.00 e. The molecule has 0 aromatic heterocycles. The zero-order chi connectivity index (χ0) is 72.1. The Morgan fingerprint density at radius 1 is 0.178 bits per heavy atom. The molecular formula is C92H170MgO6S2. The first-order valence-corrected chi connectivity index (χ1v) is 48.0. The minimum absolute atomic E-state index is 0. The van der Waals surface area contributed by atoms with Crippen molar-refractivity contribution in [3.05, 3.63) is 59.7 Å². The maximum atomic E-state index is 11.0. The molecule has 0 aliphatic carbocycles. The zero-order valence-electron chi connectivity index (χ0n) is 67.7. The monoisotopic (exact) mass is 1460 g/mol. The Hall–Kier alpha value is -0.974. The van der Waals surface area contributed by atoms with Crippen molar-refractivity contribution in [2.24, 2.45) is 0 Å². The summed E-state index contributed by atoms with van der Waals surface area (Å²) in [5.74, 6) is 0. The SMILES string of the molecule is CCCCCCCCCCCCCCCCCCCCCCCCCCCCCCCCCCCCCCCCc1ccc(S(=O)(=O)[O-])cc1.CCCCCCCCCCCCCCCCCCCCCCCCCCCCCCCCCCCCCCCCc1ccc(S(=O)(=O)[O-])cc1.[Mg+2]. The van der Waals surface area contributed by atoms with Gasteiger partial charge < -0.3 is 9.11 Å². The molecular weight excluding hydrogens is 1290 g/mol. The van der Waals surface area contributed by atoms with Crippen LogP contribution in [0.15, 0.2) is 58.3 Å². The first kappa shape index (κ1) is 100. The van der Waals surface area contributed by atoms with Crippen molar-refractivity contribution in [2.45, 2.75) is 524 Å². The number of unbranched alkanes of at least 4 members (excludes halogenated alkanes) is 74. The molecule has 0 bridgehead atoms. The van der Waals surface area contributed by atoms with E-state index in [-0.39, 0.29) is 32.8 Å². The average Bonchev–Trinajstić information content (AvgIpc) is 0.876. The van der Waals surface area contributed by atoms with Crippen molar-refractivity contribution in [3.63, 3.8) is 0 Å². The molecule has 2 aromatic rings. The van der Waals surface area contributed by atoms with Crippen molar-refractivity contribution >= 4 is 43.3 Å². The van der Waals surface area contributed by atoms with Crippen LogP contribution in [-0.4, -0.2) is 49.0 Å². The quantitative estimate of drug-likeness (QED) is 0.0370. The number of rotatable bonds is 80. The molecule has 588 valence electrons. The number of aryl methyl sites for hydroxylation is 2. The molecule has 6 nitrogen and oxygen atoms in total. The van der Waals surface area contributed by atoms with Gasteiger partial charge in [0, 0.05) is 0 Å². The average molecular weight is 1460 g/mol. The summed E-state index contributed by atoms with van der Waals surface area (Å²) in [5.41, 5.74) is 2.23. The Balaban J connectivity index is 0.00000196. The van der Waals surface area contributed by atoms with Crippen LogP contribution >= 0.6 is 0 Å². The summed E-state index contributed by atoms with van der Waals surface area (Å²) in [4.78, 5) is -0.263. The van der Waals surface area contributed by atoms with Crippen molar-refractivity contribution in [1.29, 1.82) is 0 Å². The third-order valence-electron chi connectivity index (χ3n) is 22.1. The molecule has 0 aliphatic heterocycles. The Kier molecular flexibility index (Phi) is 79.3. The van der Waals surface area contributed by atoms with E-state index < -0.39 is 20.2 Å². The molecule has 0 atom stereocenters. The topological polar surface area (TPSA) is 114 Å². The molecule has 0 amide bonds. The van der Waals surface area contributed by atoms with Crippen LogP contribution < -0.4 is 0 Å². The fourth-order valence-corrected chi connectivity index (χ4v) is 16.1. The Bertz CT molecular complexity index is 1980. The fraction of sp³-hybridized carbons (Fsp3) is 0.870. The summed E-state index contributed by atoms with van der Waals surface area (Å²) in [5, 5.41) is 0. The van der Waals surface area contributed by atoms with Crippen LogP contribution in [0.5, 0.6) is 0 Å². The molecule has 9 heteroatoms. The molecule has 0 aliphatic rings. The Morgan fingerprint density at radius 3 is 0.376 bits per heavy atom. The van der Waals surface area contributed by atoms with E-state index in [4.69, 9.17) is 0 Å². The molecule has 0 heterocycles. The standard InChI is InChI=1S/2C46H86O3S.Mg/c2*1-2-3-4-5-6-7-8-9-10-11-12-13-14-15-16-17-18-19-20-21-22-23-24-25-26-27-28-29-30-31-32-33-34-35-36-37-38-39-40-45-41-43-46(44-42-45)50(47,48)49;/h2*41-44H,2-40H2,1H3,(H,47,48,49);/q;;+2/p-2. The molecule has 0 unspecified atom stereocenters.